The number of halogens is 1. The number of nitrogens with zero attached hydrogens (tertiary/aromatic N) is 2. The van der Waals surface area contributed by atoms with Gasteiger partial charge in [-0.2, -0.15) is 0 Å². The minimum atomic E-state index is -0.384. The van der Waals surface area contributed by atoms with E-state index in [0.29, 0.717) is 12.1 Å². The summed E-state index contributed by atoms with van der Waals surface area (Å²) >= 11 is 0. The van der Waals surface area contributed by atoms with Crippen LogP contribution in [0, 0.1) is 5.82 Å². The number of ketones is 1. The normalized spacial score (nSPS) is 14.4. The molecule has 5 nitrogen and oxygen atoms in total. The Morgan fingerprint density at radius 1 is 0.964 bits per heavy atom. The molecule has 28 heavy (non-hydrogen) atoms. The zero-order valence-electron chi connectivity index (χ0n) is 16.0. The van der Waals surface area contributed by atoms with Crippen molar-refractivity contribution in [2.45, 2.75) is 45.1 Å². The molecule has 1 saturated heterocycles. The van der Waals surface area contributed by atoms with Crippen molar-refractivity contribution in [2.24, 2.45) is 0 Å². The Bertz CT molecular complexity index is 782. The summed E-state index contributed by atoms with van der Waals surface area (Å²) in [6.45, 7) is 2.48. The molecule has 0 spiro atoms. The molecule has 0 bridgehead atoms. The lowest BCUT2D eigenvalue weighted by atomic mass is 10.1. The second-order valence-corrected chi connectivity index (χ2v) is 7.13. The molecule has 148 valence electrons. The average molecular weight is 383 g/mol. The van der Waals surface area contributed by atoms with Gasteiger partial charge in [0.05, 0.1) is 0 Å². The molecule has 1 aliphatic heterocycles. The van der Waals surface area contributed by atoms with Crippen molar-refractivity contribution in [2.75, 3.05) is 18.0 Å². The summed E-state index contributed by atoms with van der Waals surface area (Å²) in [4.78, 5) is 30.9. The Hall–Kier alpha value is -2.76. The van der Waals surface area contributed by atoms with E-state index in [2.05, 4.69) is 15.2 Å². The van der Waals surface area contributed by atoms with Crippen LogP contribution in [0.3, 0.4) is 0 Å². The van der Waals surface area contributed by atoms with Crippen LogP contribution >= 0.6 is 0 Å². The minimum Gasteiger partial charge on any atom is -0.357 e. The van der Waals surface area contributed by atoms with E-state index in [-0.39, 0.29) is 30.3 Å². The van der Waals surface area contributed by atoms with Gasteiger partial charge in [-0.1, -0.05) is 18.9 Å². The van der Waals surface area contributed by atoms with E-state index in [4.69, 9.17) is 0 Å². The van der Waals surface area contributed by atoms with Crippen LogP contribution in [0.1, 0.15) is 54.4 Å². The van der Waals surface area contributed by atoms with Gasteiger partial charge in [-0.05, 0) is 48.7 Å². The van der Waals surface area contributed by atoms with Crippen molar-refractivity contribution in [1.29, 1.82) is 0 Å². The number of nitrogens with one attached hydrogen (secondary N) is 1. The van der Waals surface area contributed by atoms with E-state index >= 15 is 0 Å². The lowest BCUT2D eigenvalue weighted by Gasteiger charge is -2.21. The monoisotopic (exact) mass is 383 g/mol. The van der Waals surface area contributed by atoms with Crippen molar-refractivity contribution in [3.05, 3.63) is 59.5 Å². The van der Waals surface area contributed by atoms with E-state index in [9.17, 15) is 14.0 Å². The number of benzene rings is 1. The Morgan fingerprint density at radius 3 is 2.32 bits per heavy atom. The van der Waals surface area contributed by atoms with E-state index in [1.165, 1.54) is 49.9 Å². The smallest absolute Gasteiger partial charge is 0.220 e. The van der Waals surface area contributed by atoms with Crippen LogP contribution < -0.4 is 10.2 Å². The van der Waals surface area contributed by atoms with Crippen molar-refractivity contribution in [1.82, 2.24) is 10.3 Å². The number of carbonyl (C=O) groups is 2. The zero-order valence-corrected chi connectivity index (χ0v) is 16.0. The molecule has 0 saturated carbocycles. The van der Waals surface area contributed by atoms with Gasteiger partial charge in [-0.3, -0.25) is 9.59 Å². The van der Waals surface area contributed by atoms with Gasteiger partial charge in [0.1, 0.15) is 11.6 Å². The van der Waals surface area contributed by atoms with E-state index in [0.717, 1.165) is 24.5 Å². The maximum atomic E-state index is 12.9. The summed E-state index contributed by atoms with van der Waals surface area (Å²) < 4.78 is 12.9. The van der Waals surface area contributed by atoms with Gasteiger partial charge in [0, 0.05) is 44.2 Å². The van der Waals surface area contributed by atoms with E-state index < -0.39 is 0 Å². The standard InChI is InChI=1S/C22H26FN3O2/c23-19-8-6-18(7-9-19)20(27)10-12-22(28)25-16-17-5-11-21(24-15-17)26-13-3-1-2-4-14-26/h5-9,11,15H,1-4,10,12-14,16H2,(H,25,28). The van der Waals surface area contributed by atoms with Gasteiger partial charge >= 0.3 is 0 Å². The third kappa shape index (κ3) is 5.87. The molecule has 1 aromatic carbocycles. The number of rotatable bonds is 7. The first-order chi connectivity index (χ1) is 13.6. The van der Waals surface area contributed by atoms with E-state index in [1.54, 1.807) is 6.20 Å². The number of carbonyl (C=O) groups excluding carboxylic acids is 2. The lowest BCUT2D eigenvalue weighted by molar-refractivity contribution is -0.121. The maximum absolute atomic E-state index is 12.9. The molecule has 0 atom stereocenters. The van der Waals surface area contributed by atoms with Crippen LogP contribution in [0.5, 0.6) is 0 Å². The van der Waals surface area contributed by atoms with Crippen LogP contribution in [0.15, 0.2) is 42.6 Å². The highest BCUT2D eigenvalue weighted by atomic mass is 19.1. The van der Waals surface area contributed by atoms with Gasteiger partial charge in [0.2, 0.25) is 5.91 Å². The van der Waals surface area contributed by atoms with Crippen LogP contribution in [0.4, 0.5) is 10.2 Å². The van der Waals surface area contributed by atoms with Crippen molar-refractivity contribution in [3.63, 3.8) is 0 Å². The zero-order chi connectivity index (χ0) is 19.8. The summed E-state index contributed by atoms with van der Waals surface area (Å²) in [6.07, 6.45) is 6.98. The fraction of sp³-hybridized carbons (Fsp3) is 0.409. The molecular formula is C22H26FN3O2. The largest absolute Gasteiger partial charge is 0.357 e. The maximum Gasteiger partial charge on any atom is 0.220 e. The molecule has 0 aliphatic carbocycles. The molecule has 1 N–H and O–H groups in total. The van der Waals surface area contributed by atoms with Gasteiger partial charge in [-0.25, -0.2) is 9.37 Å². The number of hydrogen-bond donors (Lipinski definition) is 1. The average Bonchev–Trinajstić information content (AvgIpc) is 3.01. The number of hydrogen-bond acceptors (Lipinski definition) is 4. The summed E-state index contributed by atoms with van der Waals surface area (Å²) in [5.41, 5.74) is 1.35. The predicted octanol–water partition coefficient (Wildman–Crippen LogP) is 3.88. The third-order valence-corrected chi connectivity index (χ3v) is 4.97. The van der Waals surface area contributed by atoms with Crippen molar-refractivity contribution in [3.8, 4) is 0 Å². The molecule has 1 amide bonds. The number of pyridine rings is 1. The first-order valence-corrected chi connectivity index (χ1v) is 9.87. The van der Waals surface area contributed by atoms with E-state index in [1.807, 2.05) is 12.1 Å². The molecule has 0 unspecified atom stereocenters. The summed E-state index contributed by atoms with van der Waals surface area (Å²) in [6, 6.07) is 9.35. The molecular weight excluding hydrogens is 357 g/mol. The molecule has 2 aromatic rings. The fourth-order valence-corrected chi connectivity index (χ4v) is 3.30. The Kier molecular flexibility index (Phi) is 7.12. The third-order valence-electron chi connectivity index (χ3n) is 4.97. The highest BCUT2D eigenvalue weighted by Gasteiger charge is 2.12. The molecule has 2 heterocycles. The molecule has 1 fully saturated rings. The van der Waals surface area contributed by atoms with Gasteiger partial charge in [-0.15, -0.1) is 0 Å². The van der Waals surface area contributed by atoms with Crippen LogP contribution in [-0.2, 0) is 11.3 Å². The fourth-order valence-electron chi connectivity index (χ4n) is 3.30. The lowest BCUT2D eigenvalue weighted by Crippen LogP contribution is -2.25. The van der Waals surface area contributed by atoms with Crippen LogP contribution in [0.2, 0.25) is 0 Å². The second kappa shape index (κ2) is 9.97. The van der Waals surface area contributed by atoms with Crippen LogP contribution in [-0.4, -0.2) is 29.8 Å². The van der Waals surface area contributed by atoms with Crippen molar-refractivity contribution >= 4 is 17.5 Å². The summed E-state index contributed by atoms with van der Waals surface area (Å²) in [5.74, 6) is 0.248. The predicted molar refractivity (Wildman–Crippen MR) is 107 cm³/mol. The second-order valence-electron chi connectivity index (χ2n) is 7.13. The Balaban J connectivity index is 1.42. The first kappa shape index (κ1) is 20.0. The van der Waals surface area contributed by atoms with Crippen LogP contribution in [0.25, 0.3) is 0 Å². The molecule has 0 radical (unpaired) electrons. The first-order valence-electron chi connectivity index (χ1n) is 9.87. The number of aromatic nitrogens is 1. The Labute approximate surface area is 165 Å². The molecule has 3 rings (SSSR count). The number of amides is 1. The van der Waals surface area contributed by atoms with Crippen molar-refractivity contribution < 1.29 is 14.0 Å². The number of anilines is 1. The molecule has 1 aliphatic rings. The van der Waals surface area contributed by atoms with Gasteiger partial charge in [0.15, 0.2) is 5.78 Å². The highest BCUT2D eigenvalue weighted by molar-refractivity contribution is 5.97. The van der Waals surface area contributed by atoms with Gasteiger partial charge < -0.3 is 10.2 Å². The quantitative estimate of drug-likeness (QED) is 0.737. The highest BCUT2D eigenvalue weighted by Crippen LogP contribution is 2.17. The topological polar surface area (TPSA) is 62.3 Å². The van der Waals surface area contributed by atoms with Gasteiger partial charge in [0.25, 0.3) is 0 Å². The number of Topliss-reactive ketones (excluding diaryl/α,β-unsaturated/α-hetero) is 1. The molecule has 1 aromatic heterocycles. The summed E-state index contributed by atoms with van der Waals surface area (Å²) in [7, 11) is 0. The molecule has 6 heteroatoms. The Morgan fingerprint density at radius 2 is 1.68 bits per heavy atom. The SMILES string of the molecule is O=C(CCC(=O)c1ccc(F)cc1)NCc1ccc(N2CCCCCC2)nc1. The summed E-state index contributed by atoms with van der Waals surface area (Å²) in [5, 5.41) is 2.82. The minimum absolute atomic E-state index is 0.101.